The molecule has 194 valence electrons. The van der Waals surface area contributed by atoms with Crippen LogP contribution in [0.4, 0.5) is 36.4 Å². The van der Waals surface area contributed by atoms with Gasteiger partial charge >= 0.3 is 6.18 Å². The van der Waals surface area contributed by atoms with Gasteiger partial charge in [-0.15, -0.1) is 0 Å². The second kappa shape index (κ2) is 10.1. The van der Waals surface area contributed by atoms with Crippen LogP contribution in [0, 0.1) is 23.3 Å². The third-order valence-electron chi connectivity index (χ3n) is 5.50. The fourth-order valence-electron chi connectivity index (χ4n) is 3.74. The molecule has 2 heterocycles. The molecular weight excluding hydrogens is 507 g/mol. The van der Waals surface area contributed by atoms with Crippen molar-refractivity contribution < 1.29 is 40.6 Å². The summed E-state index contributed by atoms with van der Waals surface area (Å²) in [6.07, 6.45) is -1.86. The molecule has 4 aromatic rings. The van der Waals surface area contributed by atoms with E-state index < -0.39 is 59.2 Å². The van der Waals surface area contributed by atoms with E-state index in [-0.39, 0.29) is 16.8 Å². The van der Waals surface area contributed by atoms with Crippen molar-refractivity contribution in [3.8, 4) is 11.5 Å². The Hall–Kier alpha value is -4.09. The summed E-state index contributed by atoms with van der Waals surface area (Å²) in [4.78, 5) is 8.19. The molecule has 0 aliphatic carbocycles. The second-order valence-corrected chi connectivity index (χ2v) is 7.95. The van der Waals surface area contributed by atoms with Gasteiger partial charge in [-0.2, -0.15) is 22.0 Å². The summed E-state index contributed by atoms with van der Waals surface area (Å²) >= 11 is 0. The van der Waals surface area contributed by atoms with E-state index in [1.807, 2.05) is 6.92 Å². The van der Waals surface area contributed by atoms with Gasteiger partial charge in [0.25, 0.3) is 0 Å². The van der Waals surface area contributed by atoms with Crippen molar-refractivity contribution in [1.29, 1.82) is 0 Å². The number of ether oxygens (including phenoxy) is 1. The largest absolute Gasteiger partial charge is 0.505 e. The summed E-state index contributed by atoms with van der Waals surface area (Å²) in [5.74, 6) is -10.7. The predicted octanol–water partition coefficient (Wildman–Crippen LogP) is 6.60. The summed E-state index contributed by atoms with van der Waals surface area (Å²) in [5, 5.41) is 14.2. The first kappa shape index (κ1) is 26.0. The zero-order valence-corrected chi connectivity index (χ0v) is 19.0. The maximum atomic E-state index is 15.2. The van der Waals surface area contributed by atoms with Crippen LogP contribution < -0.4 is 10.1 Å². The number of aryl methyl sites for hydroxylation is 1. The van der Waals surface area contributed by atoms with Gasteiger partial charge in [0.15, 0.2) is 24.0 Å². The van der Waals surface area contributed by atoms with E-state index in [0.29, 0.717) is 17.5 Å². The standard InChI is InChI=1S/C25H18F7N3O2/c1-2-13-7-5-12-6-8-15(23(36)21(12)34-13)22(35-14-4-3-9-33-10-14)16-17(26)19(28)24(20(29)18(16)27)37-11-25(30,31)32/h3-10,22,35-36H,2,11H2,1H3. The number of aromatic hydroxyl groups is 1. The maximum Gasteiger partial charge on any atom is 0.422 e. The van der Waals surface area contributed by atoms with Gasteiger partial charge in [0.05, 0.1) is 17.3 Å². The third-order valence-corrected chi connectivity index (χ3v) is 5.50. The monoisotopic (exact) mass is 525 g/mol. The van der Waals surface area contributed by atoms with Gasteiger partial charge in [-0.1, -0.05) is 25.1 Å². The molecule has 5 nitrogen and oxygen atoms in total. The van der Waals surface area contributed by atoms with E-state index in [9.17, 15) is 27.1 Å². The van der Waals surface area contributed by atoms with Crippen LogP contribution in [0.25, 0.3) is 10.9 Å². The number of nitrogens with one attached hydrogen (secondary N) is 1. The summed E-state index contributed by atoms with van der Waals surface area (Å²) in [6.45, 7) is -0.353. The fraction of sp³-hybridized carbons (Fsp3) is 0.200. The van der Waals surface area contributed by atoms with Gasteiger partial charge in [0.1, 0.15) is 11.3 Å². The molecule has 0 bridgehead atoms. The predicted molar refractivity (Wildman–Crippen MR) is 120 cm³/mol. The van der Waals surface area contributed by atoms with Gasteiger partial charge < -0.3 is 15.2 Å². The summed E-state index contributed by atoms with van der Waals surface area (Å²) in [7, 11) is 0. The second-order valence-electron chi connectivity index (χ2n) is 7.95. The van der Waals surface area contributed by atoms with Crippen LogP contribution in [0.5, 0.6) is 11.5 Å². The molecule has 0 amide bonds. The van der Waals surface area contributed by atoms with Crippen molar-refractivity contribution >= 4 is 16.6 Å². The Morgan fingerprint density at radius 2 is 1.65 bits per heavy atom. The van der Waals surface area contributed by atoms with Crippen LogP contribution in [0.3, 0.4) is 0 Å². The molecule has 2 aromatic heterocycles. The number of phenols is 1. The van der Waals surface area contributed by atoms with Crippen molar-refractivity contribution in [3.05, 3.63) is 88.9 Å². The highest BCUT2D eigenvalue weighted by Crippen LogP contribution is 2.41. The highest BCUT2D eigenvalue weighted by Gasteiger charge is 2.36. The smallest absolute Gasteiger partial charge is 0.422 e. The highest BCUT2D eigenvalue weighted by molar-refractivity contribution is 5.86. The van der Waals surface area contributed by atoms with Gasteiger partial charge in [-0.25, -0.2) is 13.8 Å². The number of phenolic OH excluding ortho intramolecular Hbond substituents is 1. The highest BCUT2D eigenvalue weighted by atomic mass is 19.4. The number of hydrogen-bond donors (Lipinski definition) is 2. The number of pyridine rings is 2. The average Bonchev–Trinajstić information content (AvgIpc) is 2.87. The summed E-state index contributed by atoms with van der Waals surface area (Å²) in [5.41, 5.74) is -0.629. The Morgan fingerprint density at radius 3 is 2.24 bits per heavy atom. The molecule has 37 heavy (non-hydrogen) atoms. The molecule has 0 saturated carbocycles. The van der Waals surface area contributed by atoms with E-state index in [4.69, 9.17) is 0 Å². The number of benzene rings is 2. The number of rotatable bonds is 7. The quantitative estimate of drug-likeness (QED) is 0.210. The molecular formula is C25H18F7N3O2. The Morgan fingerprint density at radius 1 is 0.973 bits per heavy atom. The zero-order chi connectivity index (χ0) is 26.9. The van der Waals surface area contributed by atoms with Crippen LogP contribution in [0.15, 0.2) is 48.8 Å². The van der Waals surface area contributed by atoms with Gasteiger partial charge in [-0.3, -0.25) is 4.98 Å². The molecule has 1 atom stereocenters. The Balaban J connectivity index is 1.93. The number of anilines is 1. The number of halogens is 7. The molecule has 0 radical (unpaired) electrons. The molecule has 2 N–H and O–H groups in total. The fourth-order valence-corrected chi connectivity index (χ4v) is 3.74. The van der Waals surface area contributed by atoms with Crippen molar-refractivity contribution in [3.63, 3.8) is 0 Å². The minimum Gasteiger partial charge on any atom is -0.505 e. The molecule has 0 spiro atoms. The number of hydrogen-bond acceptors (Lipinski definition) is 5. The van der Waals surface area contributed by atoms with Crippen molar-refractivity contribution in [1.82, 2.24) is 9.97 Å². The Kier molecular flexibility index (Phi) is 7.10. The minimum absolute atomic E-state index is 0.0710. The van der Waals surface area contributed by atoms with Crippen molar-refractivity contribution in [2.75, 3.05) is 11.9 Å². The van der Waals surface area contributed by atoms with Crippen LogP contribution in [-0.2, 0) is 6.42 Å². The number of alkyl halides is 3. The third kappa shape index (κ3) is 5.23. The molecule has 0 aliphatic heterocycles. The molecule has 0 fully saturated rings. The van der Waals surface area contributed by atoms with Crippen molar-refractivity contribution in [2.24, 2.45) is 0 Å². The topological polar surface area (TPSA) is 67.3 Å². The van der Waals surface area contributed by atoms with Crippen LogP contribution in [0.2, 0.25) is 0 Å². The van der Waals surface area contributed by atoms with E-state index in [0.717, 1.165) is 0 Å². The maximum absolute atomic E-state index is 15.2. The van der Waals surface area contributed by atoms with Crippen molar-refractivity contribution in [2.45, 2.75) is 25.6 Å². The van der Waals surface area contributed by atoms with Gasteiger partial charge in [0, 0.05) is 29.0 Å². The normalized spacial score (nSPS) is 12.5. The average molecular weight is 525 g/mol. The molecule has 1 unspecified atom stereocenters. The van der Waals surface area contributed by atoms with E-state index in [2.05, 4.69) is 20.0 Å². The van der Waals surface area contributed by atoms with Gasteiger partial charge in [-0.05, 0) is 24.6 Å². The summed E-state index contributed by atoms with van der Waals surface area (Å²) in [6, 6.07) is 7.30. The lowest BCUT2D eigenvalue weighted by molar-refractivity contribution is -0.154. The molecule has 4 rings (SSSR count). The lowest BCUT2D eigenvalue weighted by Crippen LogP contribution is -2.22. The molecule has 0 saturated heterocycles. The lowest BCUT2D eigenvalue weighted by Gasteiger charge is -2.24. The molecule has 12 heteroatoms. The number of fused-ring (bicyclic) bond motifs is 1. The Labute approximate surface area is 205 Å². The first-order valence-electron chi connectivity index (χ1n) is 10.8. The van der Waals surface area contributed by atoms with Gasteiger partial charge in [0.2, 0.25) is 11.6 Å². The Bertz CT molecular complexity index is 1420. The van der Waals surface area contributed by atoms with Crippen LogP contribution >= 0.6 is 0 Å². The van der Waals surface area contributed by atoms with Crippen LogP contribution in [-0.4, -0.2) is 27.9 Å². The first-order valence-corrected chi connectivity index (χ1v) is 10.8. The minimum atomic E-state index is -5.02. The van der Waals surface area contributed by atoms with E-state index in [1.54, 1.807) is 12.1 Å². The molecule has 2 aromatic carbocycles. The summed E-state index contributed by atoms with van der Waals surface area (Å²) < 4.78 is 101. The number of aromatic nitrogens is 2. The van der Waals surface area contributed by atoms with E-state index >= 15 is 8.78 Å². The lowest BCUT2D eigenvalue weighted by atomic mass is 9.94. The number of nitrogens with zero attached hydrogens (tertiary/aromatic N) is 2. The molecule has 0 aliphatic rings. The first-order chi connectivity index (χ1) is 17.5. The van der Waals surface area contributed by atoms with E-state index in [1.165, 1.54) is 36.7 Å². The zero-order valence-electron chi connectivity index (χ0n) is 19.0. The van der Waals surface area contributed by atoms with Crippen LogP contribution in [0.1, 0.15) is 29.8 Å². The SMILES string of the molecule is CCc1ccc2ccc(C(Nc3cccnc3)c3c(F)c(F)c(OCC(F)(F)F)c(F)c3F)c(O)c2n1.